The molecule has 5 rings (SSSR count). The van der Waals surface area contributed by atoms with Gasteiger partial charge in [-0.1, -0.05) is 42.5 Å². The number of aliphatic imine (C=N–C) groups is 1. The van der Waals surface area contributed by atoms with Gasteiger partial charge in [0, 0.05) is 11.3 Å². The lowest BCUT2D eigenvalue weighted by Crippen LogP contribution is -2.20. The molecule has 1 atom stereocenters. The Labute approximate surface area is 196 Å². The number of nitrogens with two attached hydrogens (primary N) is 1. The molecule has 1 unspecified atom stereocenters. The number of carbonyl (C=O) groups is 1. The zero-order valence-corrected chi connectivity index (χ0v) is 18.9. The van der Waals surface area contributed by atoms with Crippen LogP contribution in [0.15, 0.2) is 89.0 Å². The fourth-order valence-electron chi connectivity index (χ4n) is 4.02. The number of imidazole rings is 1. The summed E-state index contributed by atoms with van der Waals surface area (Å²) in [6.45, 7) is 0. The van der Waals surface area contributed by atoms with Gasteiger partial charge < -0.3 is 4.74 Å². The Kier molecular flexibility index (Phi) is 5.35. The van der Waals surface area contributed by atoms with E-state index >= 15 is 0 Å². The average molecular weight is 473 g/mol. The summed E-state index contributed by atoms with van der Waals surface area (Å²) in [5.41, 5.74) is 3.60. The molecule has 8 nitrogen and oxygen atoms in total. The summed E-state index contributed by atoms with van der Waals surface area (Å²) in [4.78, 5) is 22.2. The zero-order chi connectivity index (χ0) is 23.9. The van der Waals surface area contributed by atoms with Crippen molar-refractivity contribution in [1.82, 2.24) is 9.55 Å². The van der Waals surface area contributed by atoms with E-state index in [2.05, 4.69) is 9.98 Å². The first-order valence-electron chi connectivity index (χ1n) is 10.4. The van der Waals surface area contributed by atoms with E-state index in [1.807, 2.05) is 24.3 Å². The Morgan fingerprint density at radius 3 is 2.35 bits per heavy atom. The van der Waals surface area contributed by atoms with E-state index in [-0.39, 0.29) is 10.7 Å². The quantitative estimate of drug-likeness (QED) is 0.477. The number of rotatable bonds is 5. The molecule has 4 aromatic rings. The van der Waals surface area contributed by atoms with E-state index < -0.39 is 16.1 Å². The Bertz CT molecular complexity index is 1520. The monoisotopic (exact) mass is 472 g/mol. The maximum atomic E-state index is 13.4. The summed E-state index contributed by atoms with van der Waals surface area (Å²) in [6.07, 6.45) is 3.21. The number of carbonyl (C=O) groups excluding carboxylic acids is 1. The Hall–Kier alpha value is -4.08. The second kappa shape index (κ2) is 8.36. The van der Waals surface area contributed by atoms with Gasteiger partial charge >= 0.3 is 0 Å². The standard InChI is InChI=1S/C25H20N4O4S/c1-33-19-12-10-18(11-13-19)29-15-28-21-14-27-23(25(30)24(21)29)17-8-6-16(7-9-17)20-4-2-3-5-22(20)34(26,31)32/h2-15,23H,1H3,(H2,26,31,32). The summed E-state index contributed by atoms with van der Waals surface area (Å²) >= 11 is 0. The number of sulfonamides is 1. The Balaban J connectivity index is 1.48. The second-order valence-corrected chi connectivity index (χ2v) is 9.28. The lowest BCUT2D eigenvalue weighted by atomic mass is 9.95. The number of Topliss-reactive ketones (excluding diaryl/α,β-unsaturated/α-hetero) is 1. The summed E-state index contributed by atoms with van der Waals surface area (Å²) in [5.74, 6) is 0.538. The molecule has 3 aromatic carbocycles. The molecular formula is C25H20N4O4S. The molecule has 1 aliphatic heterocycles. The third-order valence-corrected chi connectivity index (χ3v) is 6.67. The van der Waals surface area contributed by atoms with Crippen LogP contribution in [0.5, 0.6) is 5.75 Å². The number of ketones is 1. The van der Waals surface area contributed by atoms with Crippen LogP contribution in [0, 0.1) is 0 Å². The van der Waals surface area contributed by atoms with E-state index in [1.165, 1.54) is 6.07 Å². The molecule has 1 aromatic heterocycles. The number of benzene rings is 3. The molecule has 2 N–H and O–H groups in total. The van der Waals surface area contributed by atoms with Gasteiger partial charge in [-0.3, -0.25) is 14.4 Å². The molecule has 1 aliphatic rings. The molecule has 0 bridgehead atoms. The molecule has 0 spiro atoms. The molecule has 2 heterocycles. The number of aromatic nitrogens is 2. The van der Waals surface area contributed by atoms with Crippen molar-refractivity contribution < 1.29 is 17.9 Å². The van der Waals surface area contributed by atoms with Gasteiger partial charge in [0.15, 0.2) is 0 Å². The van der Waals surface area contributed by atoms with E-state index in [9.17, 15) is 13.2 Å². The normalized spacial score (nSPS) is 15.2. The fraction of sp³-hybridized carbons (Fsp3) is 0.0800. The third kappa shape index (κ3) is 3.81. The Morgan fingerprint density at radius 2 is 1.68 bits per heavy atom. The highest BCUT2D eigenvalue weighted by Crippen LogP contribution is 2.32. The van der Waals surface area contributed by atoms with E-state index in [0.717, 1.165) is 5.69 Å². The van der Waals surface area contributed by atoms with Gasteiger partial charge in [-0.2, -0.15) is 0 Å². The fourth-order valence-corrected chi connectivity index (χ4v) is 4.78. The lowest BCUT2D eigenvalue weighted by molar-refractivity contribution is 0.0953. The number of ether oxygens (including phenoxy) is 1. The van der Waals surface area contributed by atoms with Crippen molar-refractivity contribution in [3.63, 3.8) is 0 Å². The van der Waals surface area contributed by atoms with Gasteiger partial charge in [0.2, 0.25) is 15.8 Å². The van der Waals surface area contributed by atoms with Crippen LogP contribution in [0.4, 0.5) is 0 Å². The van der Waals surface area contributed by atoms with Crippen LogP contribution in [0.25, 0.3) is 16.8 Å². The van der Waals surface area contributed by atoms with Crippen molar-refractivity contribution in [2.45, 2.75) is 10.9 Å². The van der Waals surface area contributed by atoms with Crippen LogP contribution >= 0.6 is 0 Å². The topological polar surface area (TPSA) is 117 Å². The molecule has 0 amide bonds. The van der Waals surface area contributed by atoms with Gasteiger partial charge in [-0.05, 0) is 41.5 Å². The number of hydrogen-bond donors (Lipinski definition) is 1. The predicted octanol–water partition coefficient (Wildman–Crippen LogP) is 3.55. The van der Waals surface area contributed by atoms with E-state index in [1.54, 1.807) is 66.7 Å². The van der Waals surface area contributed by atoms with Gasteiger partial charge in [0.1, 0.15) is 29.5 Å². The number of primary sulfonamides is 1. The van der Waals surface area contributed by atoms with Gasteiger partial charge in [0.25, 0.3) is 0 Å². The number of nitrogens with zero attached hydrogens (tertiary/aromatic N) is 3. The van der Waals surface area contributed by atoms with Crippen LogP contribution in [-0.2, 0) is 10.0 Å². The maximum absolute atomic E-state index is 13.4. The number of hydrogen-bond acceptors (Lipinski definition) is 6. The molecular weight excluding hydrogens is 452 g/mol. The molecule has 9 heteroatoms. The summed E-state index contributed by atoms with van der Waals surface area (Å²) in [5, 5.41) is 5.37. The maximum Gasteiger partial charge on any atom is 0.238 e. The highest BCUT2D eigenvalue weighted by molar-refractivity contribution is 7.89. The molecule has 0 radical (unpaired) electrons. The molecule has 34 heavy (non-hydrogen) atoms. The van der Waals surface area contributed by atoms with Crippen molar-refractivity contribution in [1.29, 1.82) is 0 Å². The Morgan fingerprint density at radius 1 is 0.971 bits per heavy atom. The molecule has 0 saturated carbocycles. The van der Waals surface area contributed by atoms with Gasteiger partial charge in [-0.15, -0.1) is 0 Å². The predicted molar refractivity (Wildman–Crippen MR) is 128 cm³/mol. The van der Waals surface area contributed by atoms with E-state index in [4.69, 9.17) is 9.88 Å². The van der Waals surface area contributed by atoms with Crippen LogP contribution in [0.2, 0.25) is 0 Å². The largest absolute Gasteiger partial charge is 0.497 e. The second-order valence-electron chi connectivity index (χ2n) is 7.75. The van der Waals surface area contributed by atoms with Crippen LogP contribution in [0.3, 0.4) is 0 Å². The van der Waals surface area contributed by atoms with Crippen LogP contribution < -0.4 is 9.88 Å². The third-order valence-electron chi connectivity index (χ3n) is 5.71. The molecule has 170 valence electrons. The minimum absolute atomic E-state index is 0.0440. The van der Waals surface area contributed by atoms with Crippen molar-refractivity contribution in [2.24, 2.45) is 10.1 Å². The molecule has 0 saturated heterocycles. The summed E-state index contributed by atoms with van der Waals surface area (Å²) in [6, 6.07) is 20.2. The minimum Gasteiger partial charge on any atom is -0.497 e. The first-order chi connectivity index (χ1) is 16.4. The first-order valence-corrected chi connectivity index (χ1v) is 11.9. The molecule has 0 aliphatic carbocycles. The molecule has 0 fully saturated rings. The first kappa shape index (κ1) is 21.7. The van der Waals surface area contributed by atoms with Gasteiger partial charge in [-0.25, -0.2) is 18.5 Å². The summed E-state index contributed by atoms with van der Waals surface area (Å²) < 4.78 is 30.9. The SMILES string of the molecule is COc1ccc(-n2cnc3c2C(=O)C(c2ccc(-c4ccccc4S(N)(=O)=O)cc2)N=C3)cc1. The van der Waals surface area contributed by atoms with Crippen LogP contribution in [0.1, 0.15) is 27.8 Å². The lowest BCUT2D eigenvalue weighted by Gasteiger charge is -2.18. The van der Waals surface area contributed by atoms with Crippen molar-refractivity contribution in [2.75, 3.05) is 7.11 Å². The number of methoxy groups -OCH3 is 1. The smallest absolute Gasteiger partial charge is 0.238 e. The van der Waals surface area contributed by atoms with Gasteiger partial charge in [0.05, 0.1) is 18.2 Å². The van der Waals surface area contributed by atoms with Crippen molar-refractivity contribution >= 4 is 22.0 Å². The van der Waals surface area contributed by atoms with Crippen LogP contribution in [-0.4, -0.2) is 37.1 Å². The van der Waals surface area contributed by atoms with Crippen molar-refractivity contribution in [3.8, 4) is 22.6 Å². The van der Waals surface area contributed by atoms with E-state index in [0.29, 0.717) is 33.8 Å². The zero-order valence-electron chi connectivity index (χ0n) is 18.1. The highest BCUT2D eigenvalue weighted by Gasteiger charge is 2.31. The minimum atomic E-state index is -3.88. The highest BCUT2D eigenvalue weighted by atomic mass is 32.2. The summed E-state index contributed by atoms with van der Waals surface area (Å²) in [7, 11) is -2.28. The average Bonchev–Trinajstić information content (AvgIpc) is 3.29. The van der Waals surface area contributed by atoms with Crippen molar-refractivity contribution in [3.05, 3.63) is 96.1 Å². The number of fused-ring (bicyclic) bond motifs is 1.